The van der Waals surface area contributed by atoms with Crippen molar-refractivity contribution in [3.63, 3.8) is 0 Å². The predicted octanol–water partition coefficient (Wildman–Crippen LogP) is 2.76. The van der Waals surface area contributed by atoms with E-state index in [9.17, 15) is 0 Å². The molecular formula is C15H19ClN4S. The Bertz CT molecular complexity index is 583. The maximum Gasteiger partial charge on any atom is 0.166 e. The van der Waals surface area contributed by atoms with Crippen molar-refractivity contribution >= 4 is 28.9 Å². The van der Waals surface area contributed by atoms with Gasteiger partial charge in [0.05, 0.1) is 11.6 Å². The van der Waals surface area contributed by atoms with E-state index >= 15 is 0 Å². The lowest BCUT2D eigenvalue weighted by molar-refractivity contribution is 0.642. The molecule has 0 saturated heterocycles. The van der Waals surface area contributed by atoms with Gasteiger partial charge >= 0.3 is 0 Å². The highest BCUT2D eigenvalue weighted by Gasteiger charge is 2.06. The number of aromatic nitrogens is 2. The Labute approximate surface area is 135 Å². The third kappa shape index (κ3) is 5.02. The van der Waals surface area contributed by atoms with E-state index in [1.165, 1.54) is 5.56 Å². The number of aryl methyl sites for hydroxylation is 1. The van der Waals surface area contributed by atoms with Crippen LogP contribution in [0.25, 0.3) is 0 Å². The summed E-state index contributed by atoms with van der Waals surface area (Å²) >= 11 is 11.4. The van der Waals surface area contributed by atoms with Gasteiger partial charge in [-0.2, -0.15) is 5.10 Å². The van der Waals surface area contributed by atoms with Crippen molar-refractivity contribution in [3.05, 3.63) is 52.8 Å². The number of thiocarbonyl (C=S) groups is 1. The molecule has 0 bridgehead atoms. The fourth-order valence-electron chi connectivity index (χ4n) is 1.91. The van der Waals surface area contributed by atoms with Gasteiger partial charge in [0.15, 0.2) is 5.11 Å². The van der Waals surface area contributed by atoms with E-state index in [1.54, 1.807) is 0 Å². The maximum absolute atomic E-state index is 6.10. The first-order valence-corrected chi connectivity index (χ1v) is 7.75. The lowest BCUT2D eigenvalue weighted by atomic mass is 10.1. The number of hydrogen-bond donors (Lipinski definition) is 2. The second-order valence-corrected chi connectivity index (χ2v) is 5.44. The molecule has 0 radical (unpaired) electrons. The second-order valence-electron chi connectivity index (χ2n) is 4.62. The molecule has 6 heteroatoms. The average Bonchev–Trinajstić information content (AvgIpc) is 2.87. The third-order valence-corrected chi connectivity index (χ3v) is 3.67. The fraction of sp³-hybridized carbons (Fsp3) is 0.333. The topological polar surface area (TPSA) is 41.9 Å². The summed E-state index contributed by atoms with van der Waals surface area (Å²) in [6, 6.07) is 10.3. The molecule has 4 nitrogen and oxygen atoms in total. The molecular weight excluding hydrogens is 304 g/mol. The second kappa shape index (κ2) is 8.00. The minimum Gasteiger partial charge on any atom is -0.362 e. The van der Waals surface area contributed by atoms with Crippen LogP contribution < -0.4 is 10.6 Å². The average molecular weight is 323 g/mol. The van der Waals surface area contributed by atoms with Crippen molar-refractivity contribution in [2.45, 2.75) is 26.4 Å². The van der Waals surface area contributed by atoms with Gasteiger partial charge in [0.2, 0.25) is 0 Å². The molecule has 0 aliphatic rings. The van der Waals surface area contributed by atoms with Crippen molar-refractivity contribution < 1.29 is 0 Å². The molecule has 2 N–H and O–H groups in total. The van der Waals surface area contributed by atoms with Gasteiger partial charge in [-0.1, -0.05) is 41.9 Å². The van der Waals surface area contributed by atoms with Crippen LogP contribution in [0, 0.1) is 0 Å². The SMILES string of the molecule is CCn1cc(Cl)c(CNC(=S)NCCc2ccccc2)n1. The minimum absolute atomic E-state index is 0.531. The van der Waals surface area contributed by atoms with Crippen LogP contribution in [-0.4, -0.2) is 21.4 Å². The molecule has 0 aliphatic carbocycles. The van der Waals surface area contributed by atoms with Crippen LogP contribution in [0.15, 0.2) is 36.5 Å². The molecule has 0 amide bonds. The highest BCUT2D eigenvalue weighted by Crippen LogP contribution is 2.13. The summed E-state index contributed by atoms with van der Waals surface area (Å²) < 4.78 is 1.81. The number of nitrogens with one attached hydrogen (secondary N) is 2. The van der Waals surface area contributed by atoms with Gasteiger partial charge in [-0.05, 0) is 31.1 Å². The lowest BCUT2D eigenvalue weighted by Gasteiger charge is -2.09. The molecule has 0 atom stereocenters. The summed E-state index contributed by atoms with van der Waals surface area (Å²) in [6.45, 7) is 4.16. The third-order valence-electron chi connectivity index (χ3n) is 3.07. The van der Waals surface area contributed by atoms with E-state index in [2.05, 4.69) is 27.9 Å². The zero-order valence-corrected chi connectivity index (χ0v) is 13.5. The molecule has 0 saturated carbocycles. The Kier molecular flexibility index (Phi) is 6.02. The summed E-state index contributed by atoms with van der Waals surface area (Å²) in [7, 11) is 0. The maximum atomic E-state index is 6.10. The van der Waals surface area contributed by atoms with Gasteiger partial charge in [0, 0.05) is 19.3 Å². The van der Waals surface area contributed by atoms with Crippen LogP contribution in [0.5, 0.6) is 0 Å². The van der Waals surface area contributed by atoms with Crippen LogP contribution in [0.2, 0.25) is 5.02 Å². The van der Waals surface area contributed by atoms with E-state index in [-0.39, 0.29) is 0 Å². The molecule has 1 heterocycles. The Balaban J connectivity index is 1.71. The largest absolute Gasteiger partial charge is 0.362 e. The molecule has 2 rings (SSSR count). The molecule has 0 fully saturated rings. The van der Waals surface area contributed by atoms with E-state index in [0.717, 1.165) is 25.2 Å². The first-order valence-electron chi connectivity index (χ1n) is 6.96. The lowest BCUT2D eigenvalue weighted by Crippen LogP contribution is -2.36. The first-order chi connectivity index (χ1) is 10.2. The fourth-order valence-corrected chi connectivity index (χ4v) is 2.30. The predicted molar refractivity (Wildman–Crippen MR) is 90.5 cm³/mol. The smallest absolute Gasteiger partial charge is 0.166 e. The van der Waals surface area contributed by atoms with E-state index in [0.29, 0.717) is 16.7 Å². The molecule has 21 heavy (non-hydrogen) atoms. The zero-order valence-electron chi connectivity index (χ0n) is 12.0. The van der Waals surface area contributed by atoms with Gasteiger partial charge in [-0.3, -0.25) is 4.68 Å². The van der Waals surface area contributed by atoms with Crippen LogP contribution in [0.4, 0.5) is 0 Å². The summed E-state index contributed by atoms with van der Waals surface area (Å²) in [5.41, 5.74) is 2.10. The quantitative estimate of drug-likeness (QED) is 0.803. The Morgan fingerprint density at radius 1 is 1.29 bits per heavy atom. The summed E-state index contributed by atoms with van der Waals surface area (Å²) in [6.07, 6.45) is 2.76. The monoisotopic (exact) mass is 322 g/mol. The van der Waals surface area contributed by atoms with E-state index in [4.69, 9.17) is 23.8 Å². The normalized spacial score (nSPS) is 10.4. The van der Waals surface area contributed by atoms with Gasteiger partial charge in [-0.25, -0.2) is 0 Å². The highest BCUT2D eigenvalue weighted by atomic mass is 35.5. The number of hydrogen-bond acceptors (Lipinski definition) is 2. The van der Waals surface area contributed by atoms with Crippen molar-refractivity contribution in [1.29, 1.82) is 0 Å². The van der Waals surface area contributed by atoms with Crippen molar-refractivity contribution in [2.75, 3.05) is 6.54 Å². The van der Waals surface area contributed by atoms with Gasteiger partial charge in [0.1, 0.15) is 5.69 Å². The molecule has 112 valence electrons. The van der Waals surface area contributed by atoms with Gasteiger partial charge in [-0.15, -0.1) is 0 Å². The number of rotatable bonds is 6. The van der Waals surface area contributed by atoms with Crippen molar-refractivity contribution in [1.82, 2.24) is 20.4 Å². The summed E-state index contributed by atoms with van der Waals surface area (Å²) in [5.74, 6) is 0. The number of halogens is 1. The van der Waals surface area contributed by atoms with Crippen LogP contribution in [0.1, 0.15) is 18.2 Å². The van der Waals surface area contributed by atoms with Crippen LogP contribution in [0.3, 0.4) is 0 Å². The van der Waals surface area contributed by atoms with Crippen molar-refractivity contribution in [3.8, 4) is 0 Å². The van der Waals surface area contributed by atoms with Crippen molar-refractivity contribution in [2.24, 2.45) is 0 Å². The highest BCUT2D eigenvalue weighted by molar-refractivity contribution is 7.80. The molecule has 1 aromatic carbocycles. The van der Waals surface area contributed by atoms with E-state index < -0.39 is 0 Å². The minimum atomic E-state index is 0.531. The first kappa shape index (κ1) is 15.8. The standard InChI is InChI=1S/C15H19ClN4S/c1-2-20-11-13(16)14(19-20)10-18-15(21)17-9-8-12-6-4-3-5-7-12/h3-7,11H,2,8-10H2,1H3,(H2,17,18,21). The molecule has 2 aromatic rings. The zero-order chi connectivity index (χ0) is 15.1. The molecule has 1 aromatic heterocycles. The molecule has 0 spiro atoms. The Morgan fingerprint density at radius 2 is 2.05 bits per heavy atom. The van der Waals surface area contributed by atoms with Gasteiger partial charge < -0.3 is 10.6 Å². The molecule has 0 aliphatic heterocycles. The van der Waals surface area contributed by atoms with Gasteiger partial charge in [0.25, 0.3) is 0 Å². The Morgan fingerprint density at radius 3 is 2.71 bits per heavy atom. The molecule has 0 unspecified atom stereocenters. The van der Waals surface area contributed by atoms with E-state index in [1.807, 2.05) is 36.0 Å². The Hall–Kier alpha value is -1.59. The number of nitrogens with zero attached hydrogens (tertiary/aromatic N) is 2. The summed E-state index contributed by atoms with van der Waals surface area (Å²) in [5, 5.41) is 12.0. The number of benzene rings is 1. The van der Waals surface area contributed by atoms with Crippen LogP contribution >= 0.6 is 23.8 Å². The summed E-state index contributed by atoms with van der Waals surface area (Å²) in [4.78, 5) is 0. The van der Waals surface area contributed by atoms with Crippen LogP contribution in [-0.2, 0) is 19.5 Å².